The van der Waals surface area contributed by atoms with Gasteiger partial charge in [-0.3, -0.25) is 4.79 Å². The number of sulfonamides is 1. The van der Waals surface area contributed by atoms with Crippen molar-refractivity contribution in [3.05, 3.63) is 89.8 Å². The van der Waals surface area contributed by atoms with Gasteiger partial charge < -0.3 is 9.84 Å². The maximum absolute atomic E-state index is 14.5. The van der Waals surface area contributed by atoms with Gasteiger partial charge >= 0.3 is 5.97 Å². The first-order valence-corrected chi connectivity index (χ1v) is 12.6. The average Bonchev–Trinajstić information content (AvgIpc) is 2.75. The Morgan fingerprint density at radius 1 is 1.26 bits per heavy atom. The monoisotopic (exact) mass is 499 g/mol. The zero-order valence-corrected chi connectivity index (χ0v) is 21.0. The van der Waals surface area contributed by atoms with Gasteiger partial charge in [-0.15, -0.1) is 0 Å². The lowest BCUT2D eigenvalue weighted by molar-refractivity contribution is -0.137. The molecule has 2 aromatic carbocycles. The van der Waals surface area contributed by atoms with E-state index in [1.54, 1.807) is 31.2 Å². The average molecular weight is 500 g/mol. The van der Waals surface area contributed by atoms with Gasteiger partial charge in [-0.1, -0.05) is 30.9 Å². The van der Waals surface area contributed by atoms with E-state index < -0.39 is 28.4 Å². The second-order valence-electron chi connectivity index (χ2n) is 9.24. The van der Waals surface area contributed by atoms with Crippen LogP contribution in [0, 0.1) is 5.82 Å². The summed E-state index contributed by atoms with van der Waals surface area (Å²) in [5.41, 5.74) is 2.52. The van der Waals surface area contributed by atoms with E-state index in [9.17, 15) is 22.7 Å². The lowest BCUT2D eigenvalue weighted by Gasteiger charge is -2.33. The smallest absolute Gasteiger partial charge is 0.318 e. The number of ether oxygens (including phenoxy) is 1. The van der Waals surface area contributed by atoms with Crippen LogP contribution in [0.3, 0.4) is 0 Å². The largest absolute Gasteiger partial charge is 0.488 e. The van der Waals surface area contributed by atoms with Gasteiger partial charge in [0, 0.05) is 6.54 Å². The van der Waals surface area contributed by atoms with Crippen LogP contribution in [0.2, 0.25) is 0 Å². The molecular formula is C27H30FNO5S. The summed E-state index contributed by atoms with van der Waals surface area (Å²) in [7, 11) is -4.20. The molecule has 0 unspecified atom stereocenters. The Morgan fingerprint density at radius 2 is 1.97 bits per heavy atom. The summed E-state index contributed by atoms with van der Waals surface area (Å²) >= 11 is 0. The summed E-state index contributed by atoms with van der Waals surface area (Å²) < 4.78 is 48.2. The Labute approximate surface area is 206 Å². The zero-order valence-electron chi connectivity index (χ0n) is 20.2. The van der Waals surface area contributed by atoms with E-state index in [1.165, 1.54) is 24.3 Å². The summed E-state index contributed by atoms with van der Waals surface area (Å²) in [6.07, 6.45) is 4.59. The molecule has 1 heterocycles. The van der Waals surface area contributed by atoms with Crippen molar-refractivity contribution in [2.45, 2.75) is 50.7 Å². The molecule has 0 bridgehead atoms. The van der Waals surface area contributed by atoms with Crippen molar-refractivity contribution in [1.29, 1.82) is 0 Å². The number of halogens is 1. The van der Waals surface area contributed by atoms with Crippen LogP contribution in [0.1, 0.15) is 43.9 Å². The number of nitrogens with zero attached hydrogens (tertiary/aromatic N) is 1. The van der Waals surface area contributed by atoms with Gasteiger partial charge in [0.25, 0.3) is 0 Å². The molecule has 0 saturated heterocycles. The van der Waals surface area contributed by atoms with E-state index in [-0.39, 0.29) is 17.0 Å². The van der Waals surface area contributed by atoms with Crippen LogP contribution in [0.5, 0.6) is 5.75 Å². The van der Waals surface area contributed by atoms with Gasteiger partial charge in [0.1, 0.15) is 23.7 Å². The summed E-state index contributed by atoms with van der Waals surface area (Å²) in [6, 6.07) is 8.67. The van der Waals surface area contributed by atoms with E-state index in [2.05, 4.69) is 13.2 Å². The van der Waals surface area contributed by atoms with Crippen LogP contribution in [0.25, 0.3) is 5.57 Å². The summed E-state index contributed by atoms with van der Waals surface area (Å²) in [6.45, 7) is 12.2. The van der Waals surface area contributed by atoms with Crippen LogP contribution in [-0.4, -0.2) is 35.9 Å². The molecule has 0 saturated carbocycles. The van der Waals surface area contributed by atoms with Crippen molar-refractivity contribution in [3.63, 3.8) is 0 Å². The van der Waals surface area contributed by atoms with Crippen LogP contribution >= 0.6 is 0 Å². The third-order valence-corrected chi connectivity index (χ3v) is 7.52. The molecule has 0 fully saturated rings. The molecule has 0 aromatic heterocycles. The minimum absolute atomic E-state index is 0.0355. The molecule has 2 aromatic rings. The van der Waals surface area contributed by atoms with Crippen LogP contribution in [-0.2, 0) is 27.8 Å². The van der Waals surface area contributed by atoms with Gasteiger partial charge in [-0.2, -0.15) is 4.31 Å². The van der Waals surface area contributed by atoms with E-state index in [4.69, 9.17) is 4.74 Å². The fourth-order valence-corrected chi connectivity index (χ4v) is 5.45. The first kappa shape index (κ1) is 26.4. The third-order valence-electron chi connectivity index (χ3n) is 5.74. The first-order chi connectivity index (χ1) is 16.3. The van der Waals surface area contributed by atoms with Crippen molar-refractivity contribution in [3.8, 4) is 5.75 Å². The molecule has 0 amide bonds. The number of benzene rings is 2. The number of carboxylic acids is 1. The van der Waals surface area contributed by atoms with E-state index in [0.29, 0.717) is 34.4 Å². The molecule has 0 spiro atoms. The molecule has 8 heteroatoms. The fraction of sp³-hybridized carbons (Fsp3) is 0.296. The molecule has 35 heavy (non-hydrogen) atoms. The Morgan fingerprint density at radius 3 is 2.60 bits per heavy atom. The van der Waals surface area contributed by atoms with Gasteiger partial charge in [-0.05, 0) is 92.3 Å². The minimum atomic E-state index is -4.20. The quantitative estimate of drug-likeness (QED) is 0.470. The molecule has 0 radical (unpaired) electrons. The number of hydrogen-bond donors (Lipinski definition) is 1. The van der Waals surface area contributed by atoms with Gasteiger partial charge in [0.05, 0.1) is 4.90 Å². The number of rotatable bonds is 9. The molecule has 0 atom stereocenters. The van der Waals surface area contributed by atoms with Crippen LogP contribution in [0.4, 0.5) is 4.39 Å². The summed E-state index contributed by atoms with van der Waals surface area (Å²) in [5, 5.41) is 9.43. The number of allylic oxidation sites excluding steroid dienone is 4. The van der Waals surface area contributed by atoms with Crippen LogP contribution in [0.15, 0.2) is 72.2 Å². The molecule has 186 valence electrons. The van der Waals surface area contributed by atoms with Gasteiger partial charge in [-0.25, -0.2) is 12.8 Å². The second kappa shape index (κ2) is 10.2. The number of carboxylic acid groups (broad SMARTS) is 1. The Bertz CT molecular complexity index is 1310. The Balaban J connectivity index is 2.00. The third kappa shape index (κ3) is 6.26. The van der Waals surface area contributed by atoms with Crippen molar-refractivity contribution in [2.24, 2.45) is 0 Å². The maximum atomic E-state index is 14.5. The molecule has 1 aliphatic rings. The van der Waals surface area contributed by atoms with Crippen molar-refractivity contribution >= 4 is 21.6 Å². The van der Waals surface area contributed by atoms with Crippen molar-refractivity contribution < 1.29 is 27.4 Å². The normalized spacial score (nSPS) is 15.3. The molecular weight excluding hydrogens is 469 g/mol. The Hall–Kier alpha value is -3.23. The Kier molecular flexibility index (Phi) is 7.67. The predicted molar refractivity (Wildman–Crippen MR) is 134 cm³/mol. The highest BCUT2D eigenvalue weighted by atomic mass is 32.2. The topological polar surface area (TPSA) is 83.9 Å². The molecule has 0 aliphatic carbocycles. The van der Waals surface area contributed by atoms with Crippen LogP contribution < -0.4 is 4.74 Å². The van der Waals surface area contributed by atoms with Crippen molar-refractivity contribution in [1.82, 2.24) is 4.31 Å². The fourth-order valence-electron chi connectivity index (χ4n) is 4.02. The van der Waals surface area contributed by atoms with Gasteiger partial charge in [0.2, 0.25) is 10.0 Å². The van der Waals surface area contributed by atoms with Gasteiger partial charge in [0.15, 0.2) is 0 Å². The molecule has 6 nitrogen and oxygen atoms in total. The predicted octanol–water partition coefficient (Wildman–Crippen LogP) is 5.35. The van der Waals surface area contributed by atoms with Crippen molar-refractivity contribution in [2.75, 3.05) is 6.54 Å². The minimum Gasteiger partial charge on any atom is -0.488 e. The number of hydrogen-bond acceptors (Lipinski definition) is 4. The molecule has 1 N–H and O–H groups in total. The maximum Gasteiger partial charge on any atom is 0.318 e. The van der Waals surface area contributed by atoms with E-state index in [0.717, 1.165) is 16.3 Å². The SMILES string of the molecule is C=C/C=C(\C(=C)C)c1cc(F)cc(CN(CC(=O)O)S(=O)(=O)c2ccc3c(c2)CCC(C)(C)O3)c1. The highest BCUT2D eigenvalue weighted by Gasteiger charge is 2.31. The number of aryl methyl sites for hydroxylation is 1. The number of aliphatic carboxylic acids is 1. The molecule has 1 aliphatic heterocycles. The zero-order chi connectivity index (χ0) is 26.0. The first-order valence-electron chi connectivity index (χ1n) is 11.1. The standard InChI is InChI=1S/C27H30FNO5S/c1-6-7-24(18(2)3)21-12-19(13-22(28)14-21)16-29(17-26(30)31)35(32,33)23-8-9-25-20(15-23)10-11-27(4,5)34-25/h6-9,12-15H,1-2,10-11,16-17H2,3-5H3,(H,30,31)/b24-7+. The molecule has 3 rings (SSSR count). The summed E-state index contributed by atoms with van der Waals surface area (Å²) in [4.78, 5) is 11.5. The summed E-state index contributed by atoms with van der Waals surface area (Å²) in [5.74, 6) is -1.28. The van der Waals surface area contributed by atoms with E-state index >= 15 is 0 Å². The number of fused-ring (bicyclic) bond motifs is 1. The number of carbonyl (C=O) groups is 1. The highest BCUT2D eigenvalue weighted by Crippen LogP contribution is 2.35. The lowest BCUT2D eigenvalue weighted by Crippen LogP contribution is -2.36. The lowest BCUT2D eigenvalue weighted by atomic mass is 9.94. The highest BCUT2D eigenvalue weighted by molar-refractivity contribution is 7.89. The second-order valence-corrected chi connectivity index (χ2v) is 11.2. The van der Waals surface area contributed by atoms with E-state index in [1.807, 2.05) is 13.8 Å².